The topological polar surface area (TPSA) is 46.2 Å². The van der Waals surface area contributed by atoms with Gasteiger partial charge in [-0.15, -0.1) is 0 Å². The molecule has 15 heavy (non-hydrogen) atoms. The first-order valence-electron chi connectivity index (χ1n) is 4.44. The third kappa shape index (κ3) is 2.00. The van der Waals surface area contributed by atoms with Crippen molar-refractivity contribution in [1.82, 2.24) is 0 Å². The third-order valence-corrected chi connectivity index (χ3v) is 2.92. The van der Waals surface area contributed by atoms with Gasteiger partial charge in [0.25, 0.3) is 0 Å². The van der Waals surface area contributed by atoms with E-state index in [1.165, 1.54) is 23.5 Å². The van der Waals surface area contributed by atoms with E-state index in [9.17, 15) is 4.39 Å². The van der Waals surface area contributed by atoms with Gasteiger partial charge in [-0.3, -0.25) is 0 Å². The molecule has 2 rings (SSSR count). The van der Waals surface area contributed by atoms with E-state index in [2.05, 4.69) is 0 Å². The monoisotopic (exact) mass is 223 g/mol. The minimum Gasteiger partial charge on any atom is -0.508 e. The summed E-state index contributed by atoms with van der Waals surface area (Å²) >= 11 is 1.52. The van der Waals surface area contributed by atoms with Crippen LogP contribution in [0.5, 0.6) is 5.75 Å². The highest BCUT2D eigenvalue weighted by Gasteiger charge is 2.13. The highest BCUT2D eigenvalue weighted by molar-refractivity contribution is 7.08. The van der Waals surface area contributed by atoms with E-state index < -0.39 is 11.9 Å². The van der Waals surface area contributed by atoms with Crippen molar-refractivity contribution < 1.29 is 9.50 Å². The lowest BCUT2D eigenvalue weighted by Crippen LogP contribution is -2.12. The maximum absolute atomic E-state index is 13.5. The maximum Gasteiger partial charge on any atom is 0.131 e. The zero-order valence-electron chi connectivity index (χ0n) is 7.85. The molecule has 0 fully saturated rings. The standard InChI is InChI=1S/C11H10FNOS/c12-10-5-8(14)1-2-9(10)11(13)7-3-4-15-6-7/h1-6,11,14H,13H2/t11-/m0/s1. The smallest absolute Gasteiger partial charge is 0.131 e. The Morgan fingerprint density at radius 3 is 2.73 bits per heavy atom. The number of rotatable bonds is 2. The lowest BCUT2D eigenvalue weighted by molar-refractivity contribution is 0.467. The number of phenolic OH excluding ortho intramolecular Hbond substituents is 1. The van der Waals surface area contributed by atoms with E-state index in [-0.39, 0.29) is 5.75 Å². The summed E-state index contributed by atoms with van der Waals surface area (Å²) in [6.45, 7) is 0. The van der Waals surface area contributed by atoms with Gasteiger partial charge in [0.05, 0.1) is 6.04 Å². The molecular weight excluding hydrogens is 213 g/mol. The van der Waals surface area contributed by atoms with E-state index in [1.54, 1.807) is 0 Å². The summed E-state index contributed by atoms with van der Waals surface area (Å²) in [5.41, 5.74) is 7.17. The molecule has 0 bridgehead atoms. The Hall–Kier alpha value is -1.39. The molecule has 78 valence electrons. The van der Waals surface area contributed by atoms with Gasteiger partial charge in [-0.05, 0) is 28.5 Å². The normalized spacial score (nSPS) is 12.7. The van der Waals surface area contributed by atoms with E-state index >= 15 is 0 Å². The number of hydrogen-bond donors (Lipinski definition) is 2. The molecule has 2 aromatic rings. The van der Waals surface area contributed by atoms with Crippen LogP contribution in [0.15, 0.2) is 35.0 Å². The Balaban J connectivity index is 2.38. The van der Waals surface area contributed by atoms with Crippen molar-refractivity contribution in [3.05, 3.63) is 52.0 Å². The van der Waals surface area contributed by atoms with Crippen molar-refractivity contribution in [2.75, 3.05) is 0 Å². The second-order valence-corrected chi connectivity index (χ2v) is 4.02. The number of thiophene rings is 1. The van der Waals surface area contributed by atoms with E-state index in [0.29, 0.717) is 5.56 Å². The Labute approximate surface area is 90.8 Å². The molecule has 1 aromatic carbocycles. The third-order valence-electron chi connectivity index (χ3n) is 2.22. The van der Waals surface area contributed by atoms with Crippen LogP contribution in [0.25, 0.3) is 0 Å². The second kappa shape index (κ2) is 4.00. The maximum atomic E-state index is 13.5. The quantitative estimate of drug-likeness (QED) is 0.822. The summed E-state index contributed by atoms with van der Waals surface area (Å²) in [7, 11) is 0. The molecule has 1 atom stereocenters. The molecule has 0 aliphatic rings. The minimum atomic E-state index is -0.478. The second-order valence-electron chi connectivity index (χ2n) is 3.24. The van der Waals surface area contributed by atoms with Crippen molar-refractivity contribution in [2.45, 2.75) is 6.04 Å². The van der Waals surface area contributed by atoms with Gasteiger partial charge in [0.1, 0.15) is 11.6 Å². The average Bonchev–Trinajstić information content (AvgIpc) is 2.69. The molecule has 0 spiro atoms. The van der Waals surface area contributed by atoms with Gasteiger partial charge in [-0.25, -0.2) is 4.39 Å². The van der Waals surface area contributed by atoms with Gasteiger partial charge < -0.3 is 10.8 Å². The Bertz CT molecular complexity index is 456. The SMILES string of the molecule is N[C@@H](c1ccsc1)c1ccc(O)cc1F. The zero-order chi connectivity index (χ0) is 10.8. The molecule has 0 radical (unpaired) electrons. The number of phenols is 1. The van der Waals surface area contributed by atoms with Crippen molar-refractivity contribution in [3.8, 4) is 5.75 Å². The molecule has 1 aromatic heterocycles. The van der Waals surface area contributed by atoms with Crippen LogP contribution in [0.3, 0.4) is 0 Å². The van der Waals surface area contributed by atoms with Gasteiger partial charge in [0.15, 0.2) is 0 Å². The fourth-order valence-corrected chi connectivity index (χ4v) is 2.10. The number of halogens is 1. The summed E-state index contributed by atoms with van der Waals surface area (Å²) in [6.07, 6.45) is 0. The summed E-state index contributed by atoms with van der Waals surface area (Å²) in [4.78, 5) is 0. The van der Waals surface area contributed by atoms with Crippen LogP contribution in [0.4, 0.5) is 4.39 Å². The van der Waals surface area contributed by atoms with Crippen LogP contribution >= 0.6 is 11.3 Å². The number of benzene rings is 1. The largest absolute Gasteiger partial charge is 0.508 e. The summed E-state index contributed by atoms with van der Waals surface area (Å²) in [5.74, 6) is -0.567. The van der Waals surface area contributed by atoms with E-state index in [1.807, 2.05) is 16.8 Å². The van der Waals surface area contributed by atoms with Crippen LogP contribution < -0.4 is 5.73 Å². The molecule has 0 aliphatic carbocycles. The minimum absolute atomic E-state index is 0.0891. The van der Waals surface area contributed by atoms with Gasteiger partial charge in [-0.1, -0.05) is 6.07 Å². The number of hydrogen-bond acceptors (Lipinski definition) is 3. The molecule has 0 aliphatic heterocycles. The molecule has 1 heterocycles. The fraction of sp³-hybridized carbons (Fsp3) is 0.0909. The molecular formula is C11H10FNOS. The molecule has 0 unspecified atom stereocenters. The first kappa shape index (κ1) is 10.1. The van der Waals surface area contributed by atoms with Gasteiger partial charge in [0.2, 0.25) is 0 Å². The lowest BCUT2D eigenvalue weighted by atomic mass is 10.0. The first-order chi connectivity index (χ1) is 7.18. The van der Waals surface area contributed by atoms with E-state index in [0.717, 1.165) is 11.6 Å². The Morgan fingerprint density at radius 1 is 1.33 bits per heavy atom. The van der Waals surface area contributed by atoms with Crippen LogP contribution in [0, 0.1) is 5.82 Å². The predicted molar refractivity (Wildman–Crippen MR) is 58.4 cm³/mol. The predicted octanol–water partition coefficient (Wildman–Crippen LogP) is 2.64. The molecule has 0 amide bonds. The average molecular weight is 223 g/mol. The number of aromatic hydroxyl groups is 1. The van der Waals surface area contributed by atoms with Crippen LogP contribution in [0.1, 0.15) is 17.2 Å². The van der Waals surface area contributed by atoms with Gasteiger partial charge in [0, 0.05) is 11.6 Å². The molecule has 0 saturated heterocycles. The molecule has 0 saturated carbocycles. The summed E-state index contributed by atoms with van der Waals surface area (Å²) < 4.78 is 13.5. The summed E-state index contributed by atoms with van der Waals surface area (Å²) in [6, 6.07) is 5.40. The van der Waals surface area contributed by atoms with Crippen molar-refractivity contribution in [2.24, 2.45) is 5.73 Å². The Kier molecular flexibility index (Phi) is 2.70. The zero-order valence-corrected chi connectivity index (χ0v) is 8.67. The highest BCUT2D eigenvalue weighted by atomic mass is 32.1. The first-order valence-corrected chi connectivity index (χ1v) is 5.39. The van der Waals surface area contributed by atoms with Crippen molar-refractivity contribution in [1.29, 1.82) is 0 Å². The molecule has 4 heteroatoms. The molecule has 2 nitrogen and oxygen atoms in total. The van der Waals surface area contributed by atoms with Gasteiger partial charge in [-0.2, -0.15) is 11.3 Å². The van der Waals surface area contributed by atoms with E-state index in [4.69, 9.17) is 10.8 Å². The van der Waals surface area contributed by atoms with Gasteiger partial charge >= 0.3 is 0 Å². The van der Waals surface area contributed by atoms with Crippen molar-refractivity contribution >= 4 is 11.3 Å². The summed E-state index contributed by atoms with van der Waals surface area (Å²) in [5, 5.41) is 12.9. The van der Waals surface area contributed by atoms with Crippen LogP contribution in [-0.2, 0) is 0 Å². The van der Waals surface area contributed by atoms with Crippen molar-refractivity contribution in [3.63, 3.8) is 0 Å². The Morgan fingerprint density at radius 2 is 2.13 bits per heavy atom. The van der Waals surface area contributed by atoms with Crippen LogP contribution in [-0.4, -0.2) is 5.11 Å². The molecule has 3 N–H and O–H groups in total. The highest BCUT2D eigenvalue weighted by Crippen LogP contribution is 2.25. The number of nitrogens with two attached hydrogens (primary N) is 1. The van der Waals surface area contributed by atoms with Crippen LogP contribution in [0.2, 0.25) is 0 Å². The fourth-order valence-electron chi connectivity index (χ4n) is 1.40. The lowest BCUT2D eigenvalue weighted by Gasteiger charge is -2.11.